The first-order valence-corrected chi connectivity index (χ1v) is 20.9. The summed E-state index contributed by atoms with van der Waals surface area (Å²) in [5.41, 5.74) is 15.1. The summed E-state index contributed by atoms with van der Waals surface area (Å²) in [6.45, 7) is 3.02. The molecule has 10 rings (SSSR count). The number of aryl methyl sites for hydroxylation is 1. The van der Waals surface area contributed by atoms with Crippen LogP contribution in [0.1, 0.15) is 17.5 Å². The second-order valence-electron chi connectivity index (χ2n) is 14.7. The van der Waals surface area contributed by atoms with Crippen LogP contribution in [0.4, 0.5) is 11.5 Å². The van der Waals surface area contributed by atoms with E-state index in [1.54, 1.807) is 0 Å². The van der Waals surface area contributed by atoms with E-state index in [1.165, 1.54) is 44.5 Å². The van der Waals surface area contributed by atoms with Gasteiger partial charge in [0.25, 0.3) is 0 Å². The van der Waals surface area contributed by atoms with E-state index in [9.17, 15) is 0 Å². The number of nitrogens with zero attached hydrogens (tertiary/aromatic N) is 4. The molecule has 3 heterocycles. The van der Waals surface area contributed by atoms with Crippen molar-refractivity contribution >= 4 is 22.5 Å². The summed E-state index contributed by atoms with van der Waals surface area (Å²) in [4.78, 5) is 7.16. The molecular weight excluding hydrogens is 892 g/mol. The molecule has 284 valence electrons. The van der Waals surface area contributed by atoms with Gasteiger partial charge in [0.15, 0.2) is 0 Å². The van der Waals surface area contributed by atoms with Crippen LogP contribution in [0.15, 0.2) is 188 Å². The molecule has 0 bridgehead atoms. The van der Waals surface area contributed by atoms with Gasteiger partial charge in [0.2, 0.25) is 0 Å². The van der Waals surface area contributed by atoms with Crippen molar-refractivity contribution in [1.82, 2.24) is 14.1 Å². The number of benzene rings is 7. The van der Waals surface area contributed by atoms with E-state index in [1.807, 2.05) is 6.20 Å². The first-order chi connectivity index (χ1) is 28.6. The summed E-state index contributed by atoms with van der Waals surface area (Å²) in [5, 5.41) is 0. The molecule has 7 aromatic carbocycles. The Labute approximate surface area is 349 Å². The van der Waals surface area contributed by atoms with Gasteiger partial charge in [0.1, 0.15) is 0 Å². The first kappa shape index (κ1) is 35.8. The molecule has 5 nitrogen and oxygen atoms in total. The number of para-hydroxylation sites is 3. The van der Waals surface area contributed by atoms with E-state index < -0.39 is 0 Å². The first-order valence-electron chi connectivity index (χ1n) is 19.7. The molecule has 0 atom stereocenters. The van der Waals surface area contributed by atoms with Gasteiger partial charge < -0.3 is 0 Å². The Morgan fingerprint density at radius 1 is 0.552 bits per heavy atom. The molecule has 0 amide bonds. The minimum absolute atomic E-state index is 0.766. The molecule has 0 unspecified atom stereocenters. The maximum atomic E-state index is 6.90. The average molecular weight is 932 g/mol. The summed E-state index contributed by atoms with van der Waals surface area (Å²) < 4.78 is 12.7. The molecule has 2 aromatic heterocycles. The van der Waals surface area contributed by atoms with Crippen LogP contribution in [0.2, 0.25) is 0 Å². The number of hydrogen-bond donors (Lipinski definition) is 0. The molecule has 0 saturated carbocycles. The fourth-order valence-corrected chi connectivity index (χ4v) is 9.48. The van der Waals surface area contributed by atoms with Crippen molar-refractivity contribution in [1.29, 1.82) is 0 Å². The molecule has 9 aromatic rings. The number of imidazole rings is 1. The van der Waals surface area contributed by atoms with Crippen molar-refractivity contribution in [2.45, 2.75) is 19.8 Å². The number of aromatic nitrogens is 3. The number of pyridine rings is 1. The second-order valence-corrected chi connectivity index (χ2v) is 15.7. The van der Waals surface area contributed by atoms with Crippen LogP contribution in [-0.4, -0.2) is 20.7 Å². The average Bonchev–Trinajstić information content (AvgIpc) is 3.57. The van der Waals surface area contributed by atoms with Crippen molar-refractivity contribution < 1.29 is 24.1 Å². The van der Waals surface area contributed by atoms with Crippen molar-refractivity contribution in [3.63, 3.8) is 0 Å². The van der Waals surface area contributed by atoms with Crippen molar-refractivity contribution in [2.24, 2.45) is 0 Å². The van der Waals surface area contributed by atoms with Gasteiger partial charge in [-0.1, -0.05) is 6.07 Å². The SMILES string of the molecule is Cc1ccnc(N2CCCc3c(-c4ccccc4)cc(Oc4cccc(-n5[c](=[Pt])n(-c6c(-c7ccccc7)cccc6-c6ccccc6)c6ccccc65)c4)cc32)c1. The number of hydrogen-bond acceptors (Lipinski definition) is 3. The molecule has 0 N–H and O–H groups in total. The monoisotopic (exact) mass is 931 g/mol. The number of rotatable bonds is 8. The quantitative estimate of drug-likeness (QED) is 0.152. The van der Waals surface area contributed by atoms with Gasteiger partial charge in [-0.2, -0.15) is 0 Å². The van der Waals surface area contributed by atoms with Gasteiger partial charge in [0, 0.05) is 6.20 Å². The van der Waals surface area contributed by atoms with Crippen molar-refractivity contribution in [3.8, 4) is 56.3 Å². The minimum atomic E-state index is 0.766. The summed E-state index contributed by atoms with van der Waals surface area (Å²) in [6, 6.07) is 64.5. The zero-order valence-corrected chi connectivity index (χ0v) is 34.3. The topological polar surface area (TPSA) is 35.2 Å². The van der Waals surface area contributed by atoms with Crippen molar-refractivity contribution in [2.75, 3.05) is 11.4 Å². The molecule has 0 radical (unpaired) electrons. The fourth-order valence-electron chi connectivity index (χ4n) is 8.39. The van der Waals surface area contributed by atoms with E-state index in [0.717, 1.165) is 68.6 Å². The van der Waals surface area contributed by atoms with Gasteiger partial charge >= 0.3 is 321 Å². The molecule has 0 aliphatic carbocycles. The van der Waals surface area contributed by atoms with E-state index in [4.69, 9.17) is 9.72 Å². The third kappa shape index (κ3) is 6.62. The third-order valence-electron chi connectivity index (χ3n) is 11.0. The van der Waals surface area contributed by atoms with E-state index in [-0.39, 0.29) is 0 Å². The Balaban J connectivity index is 1.12. The maximum absolute atomic E-state index is 6.90. The van der Waals surface area contributed by atoms with Gasteiger partial charge in [-0.3, -0.25) is 0 Å². The molecule has 6 heteroatoms. The molecule has 0 spiro atoms. The molecule has 1 aliphatic heterocycles. The van der Waals surface area contributed by atoms with Crippen LogP contribution in [-0.2, 0) is 25.8 Å². The molecule has 0 fully saturated rings. The fraction of sp³-hybridized carbons (Fsp3) is 0.0769. The summed E-state index contributed by atoms with van der Waals surface area (Å²) in [7, 11) is 0. The van der Waals surface area contributed by atoms with Crippen LogP contribution < -0.4 is 9.64 Å². The molecule has 0 saturated heterocycles. The summed E-state index contributed by atoms with van der Waals surface area (Å²) in [5.74, 6) is 2.52. The number of anilines is 2. The van der Waals surface area contributed by atoms with Gasteiger partial charge in [-0.25, -0.2) is 0 Å². The van der Waals surface area contributed by atoms with E-state index in [2.05, 4.69) is 222 Å². The molecule has 58 heavy (non-hydrogen) atoms. The predicted octanol–water partition coefficient (Wildman–Crippen LogP) is 13.1. The van der Waals surface area contributed by atoms with Crippen LogP contribution >= 0.6 is 0 Å². The van der Waals surface area contributed by atoms with Crippen LogP contribution in [0.5, 0.6) is 11.5 Å². The van der Waals surface area contributed by atoms with Crippen LogP contribution in [0.25, 0.3) is 55.8 Å². The zero-order chi connectivity index (χ0) is 39.0. The second kappa shape index (κ2) is 15.4. The van der Waals surface area contributed by atoms with E-state index >= 15 is 0 Å². The number of ether oxygens (including phenoxy) is 1. The van der Waals surface area contributed by atoms with E-state index in [0.29, 0.717) is 0 Å². The van der Waals surface area contributed by atoms with Gasteiger partial charge in [0.05, 0.1) is 0 Å². The molecule has 1 aliphatic rings. The summed E-state index contributed by atoms with van der Waals surface area (Å²) >= 11 is 2.50. The normalized spacial score (nSPS) is 12.4. The Bertz CT molecular complexity index is 2930. The van der Waals surface area contributed by atoms with Crippen molar-refractivity contribution in [3.05, 3.63) is 203 Å². The van der Waals surface area contributed by atoms with Gasteiger partial charge in [-0.05, 0) is 18.6 Å². The summed E-state index contributed by atoms with van der Waals surface area (Å²) in [6.07, 6.45) is 3.95. The van der Waals surface area contributed by atoms with Gasteiger partial charge in [-0.15, -0.1) is 0 Å². The third-order valence-corrected chi connectivity index (χ3v) is 12.0. The zero-order valence-electron chi connectivity index (χ0n) is 32.0. The standard InChI is InChI=1S/C52H40N4O.Pt/c1-37-29-30-53-51(32-37)54-31-15-26-46-47(40-20-9-4-10-21-40)34-43(35-50(46)54)57-42-23-13-22-41(33-42)55-36-56(49-28-12-11-27-48(49)55)52-44(38-16-5-2-6-17-38)24-14-25-45(52)39-18-7-3-8-19-39;/h2-14,16-25,27-30,32-35H,15,26,31H2,1H3;. The van der Waals surface area contributed by atoms with Crippen LogP contribution in [0.3, 0.4) is 0 Å². The van der Waals surface area contributed by atoms with Crippen LogP contribution in [0, 0.1) is 10.7 Å². The predicted molar refractivity (Wildman–Crippen MR) is 233 cm³/mol. The Morgan fingerprint density at radius 2 is 1.16 bits per heavy atom. The molecular formula is C52H40N4OPt. The Kier molecular flexibility index (Phi) is 9.53. The number of fused-ring (bicyclic) bond motifs is 2. The Morgan fingerprint density at radius 3 is 1.81 bits per heavy atom. The Hall–Kier alpha value is -6.55.